The molecule has 3 atom stereocenters. The normalized spacial score (nSPS) is 14.3. The Hall–Kier alpha value is -2.79. The van der Waals surface area contributed by atoms with Gasteiger partial charge in [0, 0.05) is 32.2 Å². The molecule has 0 aliphatic carbocycles. The van der Waals surface area contributed by atoms with Crippen molar-refractivity contribution >= 4 is 19.8 Å². The minimum absolute atomic E-state index is 0.00959. The number of phosphoric acid groups is 1. The number of hydrogen-bond acceptors (Lipinski definition) is 10. The predicted octanol–water partition coefficient (Wildman–Crippen LogP) is 10.6. The lowest BCUT2D eigenvalue weighted by molar-refractivity contribution is -0.161. The van der Waals surface area contributed by atoms with Gasteiger partial charge in [-0.25, -0.2) is 4.57 Å². The van der Waals surface area contributed by atoms with Crippen LogP contribution in [0.15, 0.2) is 53.0 Å². The van der Waals surface area contributed by atoms with Crippen LogP contribution in [0, 0.1) is 13.8 Å². The SMILES string of the molecule is CCCCC/C=C\C/C=C\C/C=C\C=C\[C@H](O)CCCC(=O)O[C@H](COC(=O)CCCCCCCCc1oc(CCCCC)c(C)c1C)COP(=O)(O)OCCN. The van der Waals surface area contributed by atoms with Gasteiger partial charge in [-0.1, -0.05) is 114 Å². The van der Waals surface area contributed by atoms with Gasteiger partial charge in [-0.05, 0) is 82.8 Å². The van der Waals surface area contributed by atoms with E-state index in [2.05, 4.69) is 52.0 Å². The maximum absolute atomic E-state index is 12.6. The lowest BCUT2D eigenvalue weighted by Crippen LogP contribution is -2.29. The van der Waals surface area contributed by atoms with Crippen molar-refractivity contribution in [1.29, 1.82) is 0 Å². The molecule has 11 nitrogen and oxygen atoms in total. The number of nitrogens with two attached hydrogens (primary N) is 1. The lowest BCUT2D eigenvalue weighted by Gasteiger charge is -2.20. The van der Waals surface area contributed by atoms with Crippen molar-refractivity contribution in [2.75, 3.05) is 26.4 Å². The van der Waals surface area contributed by atoms with E-state index < -0.39 is 38.6 Å². The minimum Gasteiger partial charge on any atom is -0.466 e. The van der Waals surface area contributed by atoms with Crippen LogP contribution >= 0.6 is 7.82 Å². The first-order valence-electron chi connectivity index (χ1n) is 21.6. The van der Waals surface area contributed by atoms with Crippen molar-refractivity contribution in [2.45, 2.75) is 175 Å². The van der Waals surface area contributed by atoms with Gasteiger partial charge >= 0.3 is 19.8 Å². The largest absolute Gasteiger partial charge is 0.472 e. The molecule has 0 spiro atoms. The van der Waals surface area contributed by atoms with Gasteiger partial charge in [-0.3, -0.25) is 18.6 Å². The third-order valence-electron chi connectivity index (χ3n) is 9.52. The number of aliphatic hydroxyl groups excluding tert-OH is 1. The number of carbonyl (C=O) groups excluding carboxylic acids is 2. The Morgan fingerprint density at radius 2 is 1.33 bits per heavy atom. The molecule has 1 rings (SSSR count). The Kier molecular flexibility index (Phi) is 31.3. The van der Waals surface area contributed by atoms with Crippen molar-refractivity contribution in [2.24, 2.45) is 5.73 Å². The highest BCUT2D eigenvalue weighted by Gasteiger charge is 2.26. The van der Waals surface area contributed by atoms with Gasteiger partial charge in [0.15, 0.2) is 6.10 Å². The Labute approximate surface area is 344 Å². The number of phosphoric ester groups is 1. The zero-order valence-electron chi connectivity index (χ0n) is 35.6. The first-order chi connectivity index (χ1) is 27.5. The van der Waals surface area contributed by atoms with Crippen LogP contribution in [0.5, 0.6) is 0 Å². The second-order valence-electron chi connectivity index (χ2n) is 14.6. The lowest BCUT2D eigenvalue weighted by atomic mass is 10.0. The molecule has 326 valence electrons. The molecule has 0 saturated carbocycles. The Bertz CT molecular complexity index is 1370. The zero-order valence-corrected chi connectivity index (χ0v) is 36.5. The summed E-state index contributed by atoms with van der Waals surface area (Å²) >= 11 is 0. The molecular formula is C45H76NO10P. The molecule has 4 N–H and O–H groups in total. The number of ether oxygens (including phenoxy) is 2. The van der Waals surface area contributed by atoms with Gasteiger partial charge in [0.25, 0.3) is 0 Å². The number of allylic oxidation sites excluding steroid dienone is 7. The highest BCUT2D eigenvalue weighted by Crippen LogP contribution is 2.43. The molecule has 0 radical (unpaired) electrons. The summed E-state index contributed by atoms with van der Waals surface area (Å²) < 4.78 is 38.9. The molecule has 0 fully saturated rings. The topological polar surface area (TPSA) is 168 Å². The molecule has 0 aliphatic rings. The zero-order chi connectivity index (χ0) is 42.0. The number of unbranched alkanes of at least 4 members (excludes halogenated alkanes) is 10. The molecule has 12 heteroatoms. The highest BCUT2D eigenvalue weighted by atomic mass is 31.2. The van der Waals surface area contributed by atoms with E-state index in [1.807, 2.05) is 12.2 Å². The molecular weight excluding hydrogens is 745 g/mol. The predicted molar refractivity (Wildman–Crippen MR) is 229 cm³/mol. The van der Waals surface area contributed by atoms with Crippen LogP contribution in [0.1, 0.15) is 158 Å². The van der Waals surface area contributed by atoms with E-state index in [-0.39, 0.29) is 32.6 Å². The first kappa shape index (κ1) is 52.2. The fourth-order valence-electron chi connectivity index (χ4n) is 5.97. The van der Waals surface area contributed by atoms with E-state index >= 15 is 0 Å². The van der Waals surface area contributed by atoms with Crippen molar-refractivity contribution in [3.05, 3.63) is 71.3 Å². The fourth-order valence-corrected chi connectivity index (χ4v) is 6.74. The summed E-state index contributed by atoms with van der Waals surface area (Å²) in [6, 6.07) is 0. The van der Waals surface area contributed by atoms with E-state index in [9.17, 15) is 24.2 Å². The van der Waals surface area contributed by atoms with Crippen LogP contribution in [-0.2, 0) is 45.5 Å². The standard InChI is InChI=1S/C45H76NO10P/c1-5-7-9-10-11-12-13-14-15-16-17-20-24-28-40(47)29-27-33-45(49)55-41(37-54-57(50,51)53-35-34-46)36-52-44(48)32-26-22-19-18-21-25-31-43-39(4)38(3)42(56-43)30-23-8-6-2/h11-12,14-15,17,20,24,28,40-41,47H,5-10,13,16,18-19,21-23,25-27,29-37,46H2,1-4H3,(H,50,51)/b12-11-,15-14-,20-17-,28-24+/t40-,41+/m0/s1. The monoisotopic (exact) mass is 822 g/mol. The molecule has 57 heavy (non-hydrogen) atoms. The van der Waals surface area contributed by atoms with Gasteiger partial charge in [0.05, 0.1) is 19.3 Å². The van der Waals surface area contributed by atoms with Crippen molar-refractivity contribution in [3.63, 3.8) is 0 Å². The average molecular weight is 822 g/mol. The summed E-state index contributed by atoms with van der Waals surface area (Å²) in [7, 11) is -4.45. The van der Waals surface area contributed by atoms with Crippen molar-refractivity contribution in [3.8, 4) is 0 Å². The molecule has 0 saturated heterocycles. The van der Waals surface area contributed by atoms with Crippen LogP contribution in [0.4, 0.5) is 0 Å². The average Bonchev–Trinajstić information content (AvgIpc) is 3.45. The van der Waals surface area contributed by atoms with Crippen LogP contribution in [-0.4, -0.2) is 60.5 Å². The second kappa shape index (κ2) is 34.1. The molecule has 0 aromatic carbocycles. The first-order valence-corrected chi connectivity index (χ1v) is 23.1. The van der Waals surface area contributed by atoms with E-state index in [0.717, 1.165) is 75.7 Å². The van der Waals surface area contributed by atoms with Crippen LogP contribution < -0.4 is 5.73 Å². The number of aliphatic hydroxyl groups is 1. The second-order valence-corrected chi connectivity index (χ2v) is 16.1. The van der Waals surface area contributed by atoms with Gasteiger partial charge in [0.2, 0.25) is 0 Å². The van der Waals surface area contributed by atoms with Crippen LogP contribution in [0.25, 0.3) is 0 Å². The van der Waals surface area contributed by atoms with E-state index in [0.29, 0.717) is 19.3 Å². The maximum Gasteiger partial charge on any atom is 0.472 e. The van der Waals surface area contributed by atoms with E-state index in [1.165, 1.54) is 49.7 Å². The van der Waals surface area contributed by atoms with Crippen LogP contribution in [0.2, 0.25) is 0 Å². The molecule has 1 aromatic rings. The number of furan rings is 1. The third kappa shape index (κ3) is 28.3. The van der Waals surface area contributed by atoms with Crippen molar-refractivity contribution < 1.29 is 47.1 Å². The molecule has 1 unspecified atom stereocenters. The molecule has 1 aromatic heterocycles. The van der Waals surface area contributed by atoms with Gasteiger partial charge in [0.1, 0.15) is 18.1 Å². The van der Waals surface area contributed by atoms with Gasteiger partial charge in [-0.2, -0.15) is 0 Å². The smallest absolute Gasteiger partial charge is 0.466 e. The quantitative estimate of drug-likeness (QED) is 0.0194. The summed E-state index contributed by atoms with van der Waals surface area (Å²) in [6.07, 6.45) is 32.9. The Morgan fingerprint density at radius 3 is 2.02 bits per heavy atom. The summed E-state index contributed by atoms with van der Waals surface area (Å²) in [5.74, 6) is 1.19. The molecule has 1 heterocycles. The van der Waals surface area contributed by atoms with Crippen molar-refractivity contribution in [1.82, 2.24) is 0 Å². The summed E-state index contributed by atoms with van der Waals surface area (Å²) in [5, 5.41) is 10.3. The van der Waals surface area contributed by atoms with Gasteiger partial charge in [-0.15, -0.1) is 0 Å². The number of hydrogen-bond donors (Lipinski definition) is 3. The van der Waals surface area contributed by atoms with Crippen LogP contribution in [0.3, 0.4) is 0 Å². The van der Waals surface area contributed by atoms with Gasteiger partial charge < -0.3 is 29.6 Å². The molecule has 0 bridgehead atoms. The Morgan fingerprint density at radius 1 is 0.737 bits per heavy atom. The highest BCUT2D eigenvalue weighted by molar-refractivity contribution is 7.47. The summed E-state index contributed by atoms with van der Waals surface area (Å²) in [6.45, 7) is 7.69. The number of rotatable bonds is 36. The fraction of sp³-hybridized carbons (Fsp3) is 0.689. The van der Waals surface area contributed by atoms with E-state index in [4.69, 9.17) is 28.7 Å². The number of esters is 2. The number of carbonyl (C=O) groups is 2. The minimum atomic E-state index is -4.45. The molecule has 0 amide bonds. The molecule has 0 aliphatic heterocycles. The number of aryl methyl sites for hydroxylation is 2. The van der Waals surface area contributed by atoms with E-state index in [1.54, 1.807) is 12.2 Å². The Balaban J connectivity index is 2.38. The summed E-state index contributed by atoms with van der Waals surface area (Å²) in [5.41, 5.74) is 7.92. The maximum atomic E-state index is 12.6. The summed E-state index contributed by atoms with van der Waals surface area (Å²) in [4.78, 5) is 35.0. The third-order valence-corrected chi connectivity index (χ3v) is 10.5.